The van der Waals surface area contributed by atoms with E-state index in [1.54, 1.807) is 13.1 Å². The van der Waals surface area contributed by atoms with Crippen LogP contribution in [0, 0.1) is 5.82 Å². The van der Waals surface area contributed by atoms with Gasteiger partial charge < -0.3 is 15.1 Å². The first kappa shape index (κ1) is 15.0. The number of amides is 2. The summed E-state index contributed by atoms with van der Waals surface area (Å²) < 4.78 is 18.8. The lowest BCUT2D eigenvalue weighted by Gasteiger charge is -2.18. The Balaban J connectivity index is 2.09. The minimum Gasteiger partial charge on any atom is -0.442 e. The number of carbonyl (C=O) groups is 2. The van der Waals surface area contributed by atoms with E-state index >= 15 is 0 Å². The van der Waals surface area contributed by atoms with Crippen molar-refractivity contribution in [2.24, 2.45) is 5.84 Å². The van der Waals surface area contributed by atoms with Crippen molar-refractivity contribution in [3.63, 3.8) is 0 Å². The molecule has 0 aliphatic carbocycles. The Labute approximate surface area is 121 Å². The maximum Gasteiger partial charge on any atom is 0.414 e. The number of cyclic esters (lactones) is 1. The zero-order valence-electron chi connectivity index (χ0n) is 11.8. The third-order valence-electron chi connectivity index (χ3n) is 3.31. The van der Waals surface area contributed by atoms with Crippen LogP contribution in [-0.4, -0.2) is 43.1 Å². The predicted molar refractivity (Wildman–Crippen MR) is 75.1 cm³/mol. The Bertz CT molecular complexity index is 566. The number of rotatable bonds is 4. The van der Waals surface area contributed by atoms with Crippen LogP contribution < -0.4 is 16.2 Å². The zero-order chi connectivity index (χ0) is 15.6. The summed E-state index contributed by atoms with van der Waals surface area (Å²) in [7, 11) is 1.63. The van der Waals surface area contributed by atoms with E-state index in [1.807, 2.05) is 0 Å². The molecule has 0 radical (unpaired) electrons. The van der Waals surface area contributed by atoms with E-state index in [4.69, 9.17) is 10.6 Å². The first-order valence-electron chi connectivity index (χ1n) is 6.38. The summed E-state index contributed by atoms with van der Waals surface area (Å²) in [6, 6.07) is 4.21. The lowest BCUT2D eigenvalue weighted by Crippen LogP contribution is -2.35. The second-order valence-corrected chi connectivity index (χ2v) is 4.82. The Hall–Kier alpha value is -2.35. The van der Waals surface area contributed by atoms with Gasteiger partial charge in [-0.05, 0) is 18.2 Å². The zero-order valence-corrected chi connectivity index (χ0v) is 11.8. The summed E-state index contributed by atoms with van der Waals surface area (Å²) in [6.45, 7) is 1.98. The minimum atomic E-state index is -0.565. The topological polar surface area (TPSA) is 87.9 Å². The van der Waals surface area contributed by atoms with Gasteiger partial charge in [0.2, 0.25) is 5.91 Å². The fourth-order valence-electron chi connectivity index (χ4n) is 2.05. The highest BCUT2D eigenvalue weighted by Crippen LogP contribution is 2.25. The number of anilines is 2. The summed E-state index contributed by atoms with van der Waals surface area (Å²) in [5.41, 5.74) is 2.74. The lowest BCUT2D eigenvalue weighted by atomic mass is 10.2. The van der Waals surface area contributed by atoms with Crippen molar-refractivity contribution in [1.82, 2.24) is 4.90 Å². The molecular weight excluding hydrogens is 279 g/mol. The van der Waals surface area contributed by atoms with Crippen molar-refractivity contribution in [3.8, 4) is 0 Å². The lowest BCUT2D eigenvalue weighted by molar-refractivity contribution is -0.128. The van der Waals surface area contributed by atoms with Gasteiger partial charge in [-0.3, -0.25) is 15.5 Å². The molecule has 0 bridgehead atoms. The van der Waals surface area contributed by atoms with Crippen molar-refractivity contribution in [1.29, 1.82) is 0 Å². The highest BCUT2D eigenvalue weighted by atomic mass is 19.1. The molecule has 1 aromatic carbocycles. The number of ether oxygens (including phenoxy) is 1. The van der Waals surface area contributed by atoms with Gasteiger partial charge in [0.25, 0.3) is 0 Å². The standard InChI is InChI=1S/C13H17FN4O3/c1-8(19)17(2)6-10-7-18(13(20)21-10)9-3-4-12(16-15)11(14)5-9/h3-5,10,16H,6-7,15H2,1-2H3/t10-/m0/s1. The van der Waals surface area contributed by atoms with E-state index < -0.39 is 18.0 Å². The summed E-state index contributed by atoms with van der Waals surface area (Å²) in [5, 5.41) is 0. The first-order valence-corrected chi connectivity index (χ1v) is 6.38. The van der Waals surface area contributed by atoms with E-state index in [-0.39, 0.29) is 18.1 Å². The first-order chi connectivity index (χ1) is 9.92. The summed E-state index contributed by atoms with van der Waals surface area (Å²) in [5.74, 6) is 4.47. The molecule has 1 aromatic rings. The van der Waals surface area contributed by atoms with Gasteiger partial charge in [0.15, 0.2) is 0 Å². The van der Waals surface area contributed by atoms with E-state index in [0.29, 0.717) is 12.2 Å². The molecule has 2 amide bonds. The average Bonchev–Trinajstić information content (AvgIpc) is 2.79. The molecule has 3 N–H and O–H groups in total. The van der Waals surface area contributed by atoms with E-state index in [0.717, 1.165) is 0 Å². The van der Waals surface area contributed by atoms with Gasteiger partial charge in [0.1, 0.15) is 11.9 Å². The molecule has 0 unspecified atom stereocenters. The highest BCUT2D eigenvalue weighted by molar-refractivity contribution is 5.90. The maximum absolute atomic E-state index is 13.7. The average molecular weight is 296 g/mol. The molecule has 7 nitrogen and oxygen atoms in total. The summed E-state index contributed by atoms with van der Waals surface area (Å²) in [6.07, 6.45) is -1.01. The van der Waals surface area contributed by atoms with Crippen LogP contribution in [0.25, 0.3) is 0 Å². The van der Waals surface area contributed by atoms with Crippen LogP contribution in [0.15, 0.2) is 18.2 Å². The SMILES string of the molecule is CC(=O)N(C)C[C@H]1CN(c2ccc(NN)c(F)c2)C(=O)O1. The third kappa shape index (κ3) is 3.22. The Morgan fingerprint density at radius 1 is 1.62 bits per heavy atom. The quantitative estimate of drug-likeness (QED) is 0.637. The molecule has 1 aliphatic rings. The third-order valence-corrected chi connectivity index (χ3v) is 3.31. The normalized spacial score (nSPS) is 17.6. The molecule has 1 saturated heterocycles. The number of nitrogen functional groups attached to an aromatic ring is 1. The molecule has 21 heavy (non-hydrogen) atoms. The van der Waals surface area contributed by atoms with Crippen LogP contribution in [0.3, 0.4) is 0 Å². The maximum atomic E-state index is 13.7. The van der Waals surface area contributed by atoms with Crippen molar-refractivity contribution < 1.29 is 18.7 Å². The van der Waals surface area contributed by atoms with Crippen LogP contribution in [0.2, 0.25) is 0 Å². The fourth-order valence-corrected chi connectivity index (χ4v) is 2.05. The van der Waals surface area contributed by atoms with Gasteiger partial charge >= 0.3 is 6.09 Å². The number of hydrogen-bond acceptors (Lipinski definition) is 5. The van der Waals surface area contributed by atoms with Gasteiger partial charge in [-0.25, -0.2) is 9.18 Å². The minimum absolute atomic E-state index is 0.117. The van der Waals surface area contributed by atoms with Gasteiger partial charge in [-0.1, -0.05) is 0 Å². The number of benzene rings is 1. The Kier molecular flexibility index (Phi) is 4.27. The summed E-state index contributed by atoms with van der Waals surface area (Å²) >= 11 is 0. The predicted octanol–water partition coefficient (Wildman–Crippen LogP) is 0.915. The molecule has 2 rings (SSSR count). The number of likely N-dealkylation sites (N-methyl/N-ethyl adjacent to an activating group) is 1. The molecule has 1 fully saturated rings. The number of halogens is 1. The van der Waals surface area contributed by atoms with E-state index in [2.05, 4.69) is 5.43 Å². The fraction of sp³-hybridized carbons (Fsp3) is 0.385. The molecule has 0 saturated carbocycles. The second kappa shape index (κ2) is 5.96. The Morgan fingerprint density at radius 2 is 2.33 bits per heavy atom. The number of nitrogens with zero attached hydrogens (tertiary/aromatic N) is 2. The second-order valence-electron chi connectivity index (χ2n) is 4.82. The smallest absolute Gasteiger partial charge is 0.414 e. The van der Waals surface area contributed by atoms with Gasteiger partial charge in [-0.15, -0.1) is 0 Å². The van der Waals surface area contributed by atoms with Crippen LogP contribution in [-0.2, 0) is 9.53 Å². The van der Waals surface area contributed by atoms with Crippen LogP contribution in [0.1, 0.15) is 6.92 Å². The monoisotopic (exact) mass is 296 g/mol. The molecule has 1 heterocycles. The van der Waals surface area contributed by atoms with Crippen molar-refractivity contribution in [2.45, 2.75) is 13.0 Å². The number of hydrazine groups is 1. The molecule has 0 spiro atoms. The Morgan fingerprint density at radius 3 is 2.90 bits per heavy atom. The van der Waals surface area contributed by atoms with Crippen molar-refractivity contribution in [2.75, 3.05) is 30.5 Å². The highest BCUT2D eigenvalue weighted by Gasteiger charge is 2.33. The van der Waals surface area contributed by atoms with Crippen LogP contribution in [0.4, 0.5) is 20.6 Å². The largest absolute Gasteiger partial charge is 0.442 e. The van der Waals surface area contributed by atoms with Crippen molar-refractivity contribution in [3.05, 3.63) is 24.0 Å². The number of nitrogens with two attached hydrogens (primary N) is 1. The molecule has 8 heteroatoms. The van der Waals surface area contributed by atoms with Crippen LogP contribution in [0.5, 0.6) is 0 Å². The van der Waals surface area contributed by atoms with E-state index in [9.17, 15) is 14.0 Å². The molecule has 114 valence electrons. The number of hydrogen-bond donors (Lipinski definition) is 2. The van der Waals surface area contributed by atoms with Gasteiger partial charge in [0, 0.05) is 14.0 Å². The molecular formula is C13H17FN4O3. The molecule has 1 atom stereocenters. The summed E-state index contributed by atoms with van der Waals surface area (Å²) in [4.78, 5) is 25.8. The number of carbonyl (C=O) groups excluding carboxylic acids is 2. The molecule has 1 aliphatic heterocycles. The molecule has 0 aromatic heterocycles. The number of nitrogens with one attached hydrogen (secondary N) is 1. The van der Waals surface area contributed by atoms with Crippen molar-refractivity contribution >= 4 is 23.4 Å². The van der Waals surface area contributed by atoms with Gasteiger partial charge in [0.05, 0.1) is 24.5 Å². The van der Waals surface area contributed by atoms with Crippen LogP contribution >= 0.6 is 0 Å². The van der Waals surface area contributed by atoms with E-state index in [1.165, 1.54) is 28.9 Å². The van der Waals surface area contributed by atoms with Gasteiger partial charge in [-0.2, -0.15) is 0 Å².